The van der Waals surface area contributed by atoms with E-state index in [2.05, 4.69) is 15.8 Å². The third kappa shape index (κ3) is 4.45. The maximum absolute atomic E-state index is 12.3. The topological polar surface area (TPSA) is 83.7 Å². The number of carbonyl (C=O) groups is 2. The Hall–Kier alpha value is -2.89. The highest BCUT2D eigenvalue weighted by molar-refractivity contribution is 6.06. The number of hydrazone groups is 1. The van der Waals surface area contributed by atoms with Gasteiger partial charge in [-0.15, -0.1) is 0 Å². The van der Waals surface area contributed by atoms with E-state index in [1.807, 2.05) is 44.2 Å². The molecule has 1 aliphatic carbocycles. The first-order valence-electron chi connectivity index (χ1n) is 9.40. The van der Waals surface area contributed by atoms with Gasteiger partial charge < -0.3 is 9.73 Å². The van der Waals surface area contributed by atoms with E-state index < -0.39 is 0 Å². The molecule has 0 aliphatic heterocycles. The van der Waals surface area contributed by atoms with Crippen molar-refractivity contribution in [3.63, 3.8) is 0 Å². The molecule has 1 aromatic heterocycles. The van der Waals surface area contributed by atoms with Crippen molar-refractivity contribution in [2.24, 2.45) is 5.10 Å². The second-order valence-corrected chi connectivity index (χ2v) is 6.72. The van der Waals surface area contributed by atoms with Crippen LogP contribution in [0, 0.1) is 6.92 Å². The lowest BCUT2D eigenvalue weighted by Gasteiger charge is -2.13. The molecule has 1 aromatic carbocycles. The highest BCUT2D eigenvalue weighted by Crippen LogP contribution is 2.29. The van der Waals surface area contributed by atoms with Crippen LogP contribution < -0.4 is 10.7 Å². The van der Waals surface area contributed by atoms with Gasteiger partial charge in [0.1, 0.15) is 5.76 Å². The monoisotopic (exact) mass is 367 g/mol. The van der Waals surface area contributed by atoms with E-state index >= 15 is 0 Å². The molecular formula is C21H25N3O3. The van der Waals surface area contributed by atoms with Crippen molar-refractivity contribution in [2.75, 3.05) is 6.54 Å². The lowest BCUT2D eigenvalue weighted by Crippen LogP contribution is -2.24. The summed E-state index contributed by atoms with van der Waals surface area (Å²) in [5.41, 5.74) is 6.01. The van der Waals surface area contributed by atoms with Crippen molar-refractivity contribution in [1.29, 1.82) is 0 Å². The van der Waals surface area contributed by atoms with E-state index in [0.29, 0.717) is 12.3 Å². The maximum Gasteiger partial charge on any atom is 0.287 e. The number of fused-ring (bicyclic) bond motifs is 1. The van der Waals surface area contributed by atoms with Crippen LogP contribution in [-0.2, 0) is 17.6 Å². The molecule has 27 heavy (non-hydrogen) atoms. The van der Waals surface area contributed by atoms with Crippen LogP contribution in [0.5, 0.6) is 0 Å². The first-order valence-corrected chi connectivity index (χ1v) is 9.40. The molecule has 2 amide bonds. The molecule has 142 valence electrons. The molecule has 6 nitrogen and oxygen atoms in total. The molecule has 0 unspecified atom stereocenters. The molecule has 0 saturated heterocycles. The maximum atomic E-state index is 12.3. The quantitative estimate of drug-likeness (QED) is 0.770. The number of hydrogen-bond acceptors (Lipinski definition) is 4. The summed E-state index contributed by atoms with van der Waals surface area (Å²) in [6.45, 7) is 4.49. The normalized spacial score (nSPS) is 14.7. The van der Waals surface area contributed by atoms with Crippen molar-refractivity contribution in [3.05, 3.63) is 58.5 Å². The van der Waals surface area contributed by atoms with Gasteiger partial charge in [0.05, 0.1) is 12.1 Å². The minimum Gasteiger partial charge on any atom is -0.455 e. The van der Waals surface area contributed by atoms with Gasteiger partial charge in [0.25, 0.3) is 5.91 Å². The Labute approximate surface area is 159 Å². The second-order valence-electron chi connectivity index (χ2n) is 6.72. The predicted octanol–water partition coefficient (Wildman–Crippen LogP) is 3.13. The number of rotatable bonds is 6. The molecule has 1 aliphatic rings. The van der Waals surface area contributed by atoms with Gasteiger partial charge in [0, 0.05) is 24.1 Å². The summed E-state index contributed by atoms with van der Waals surface area (Å²) in [7, 11) is 0. The van der Waals surface area contributed by atoms with Crippen molar-refractivity contribution in [1.82, 2.24) is 10.7 Å². The highest BCUT2D eigenvalue weighted by Gasteiger charge is 2.27. The smallest absolute Gasteiger partial charge is 0.287 e. The first-order chi connectivity index (χ1) is 13.1. The SMILES string of the molecule is CCCNC(=O)c1oc2c(c1C)/C(=N/NC(=O)Cc1ccccc1)CCC2. The molecule has 2 aromatic rings. The molecule has 0 spiro atoms. The Kier molecular flexibility index (Phi) is 6.06. The fourth-order valence-electron chi connectivity index (χ4n) is 3.27. The van der Waals surface area contributed by atoms with Gasteiger partial charge >= 0.3 is 0 Å². The largest absolute Gasteiger partial charge is 0.455 e. The average Bonchev–Trinajstić information content (AvgIpc) is 3.02. The molecule has 0 bridgehead atoms. The lowest BCUT2D eigenvalue weighted by molar-refractivity contribution is -0.120. The zero-order valence-electron chi connectivity index (χ0n) is 15.8. The number of carbonyl (C=O) groups excluding carboxylic acids is 2. The molecule has 0 radical (unpaired) electrons. The summed E-state index contributed by atoms with van der Waals surface area (Å²) < 4.78 is 5.82. The fraction of sp³-hybridized carbons (Fsp3) is 0.381. The summed E-state index contributed by atoms with van der Waals surface area (Å²) in [6, 6.07) is 9.55. The number of furan rings is 1. The summed E-state index contributed by atoms with van der Waals surface area (Å²) in [5.74, 6) is 0.759. The van der Waals surface area contributed by atoms with Gasteiger partial charge in [0.2, 0.25) is 5.91 Å². The molecule has 0 saturated carbocycles. The van der Waals surface area contributed by atoms with E-state index in [9.17, 15) is 9.59 Å². The zero-order chi connectivity index (χ0) is 19.2. The van der Waals surface area contributed by atoms with Crippen molar-refractivity contribution in [3.8, 4) is 0 Å². The van der Waals surface area contributed by atoms with Gasteiger partial charge in [0.15, 0.2) is 5.76 Å². The summed E-state index contributed by atoms with van der Waals surface area (Å²) in [6.07, 6.45) is 3.54. The highest BCUT2D eigenvalue weighted by atomic mass is 16.4. The van der Waals surface area contributed by atoms with Crippen LogP contribution in [-0.4, -0.2) is 24.1 Å². The Balaban J connectivity index is 1.75. The Morgan fingerprint density at radius 2 is 1.96 bits per heavy atom. The Bertz CT molecular complexity index is 853. The molecule has 0 atom stereocenters. The summed E-state index contributed by atoms with van der Waals surface area (Å²) in [4.78, 5) is 24.5. The van der Waals surface area contributed by atoms with E-state index in [1.54, 1.807) is 0 Å². The van der Waals surface area contributed by atoms with Crippen LogP contribution in [0.3, 0.4) is 0 Å². The van der Waals surface area contributed by atoms with Gasteiger partial charge in [-0.2, -0.15) is 5.10 Å². The van der Waals surface area contributed by atoms with Gasteiger partial charge in [-0.05, 0) is 31.7 Å². The molecular weight excluding hydrogens is 342 g/mol. The summed E-state index contributed by atoms with van der Waals surface area (Å²) >= 11 is 0. The Morgan fingerprint density at radius 3 is 2.70 bits per heavy atom. The van der Waals surface area contributed by atoms with E-state index in [0.717, 1.165) is 53.8 Å². The first kappa shape index (κ1) is 18.9. The minimum absolute atomic E-state index is 0.164. The summed E-state index contributed by atoms with van der Waals surface area (Å²) in [5, 5.41) is 7.19. The van der Waals surface area contributed by atoms with Crippen molar-refractivity contribution in [2.45, 2.75) is 46.0 Å². The number of amides is 2. The van der Waals surface area contributed by atoms with Gasteiger partial charge in [-0.3, -0.25) is 9.59 Å². The van der Waals surface area contributed by atoms with Gasteiger partial charge in [-0.25, -0.2) is 5.43 Å². The zero-order valence-corrected chi connectivity index (χ0v) is 15.8. The number of hydrogen-bond donors (Lipinski definition) is 2. The second kappa shape index (κ2) is 8.66. The van der Waals surface area contributed by atoms with Crippen LogP contribution in [0.1, 0.15) is 59.2 Å². The third-order valence-electron chi connectivity index (χ3n) is 4.59. The van der Waals surface area contributed by atoms with E-state index in [1.165, 1.54) is 0 Å². The van der Waals surface area contributed by atoms with Crippen LogP contribution >= 0.6 is 0 Å². The van der Waals surface area contributed by atoms with Crippen LogP contribution in [0.25, 0.3) is 0 Å². The van der Waals surface area contributed by atoms with Crippen LogP contribution in [0.15, 0.2) is 39.9 Å². The minimum atomic E-state index is -0.198. The number of nitrogens with one attached hydrogen (secondary N) is 2. The molecule has 0 fully saturated rings. The standard InChI is InChI=1S/C21H25N3O3/c1-3-12-22-21(26)20-14(2)19-16(10-7-11-17(19)27-20)23-24-18(25)13-15-8-5-4-6-9-15/h4-6,8-9H,3,7,10-13H2,1-2H3,(H,22,26)(H,24,25)/b23-16+. The molecule has 6 heteroatoms. The Morgan fingerprint density at radius 1 is 1.19 bits per heavy atom. The van der Waals surface area contributed by atoms with Crippen LogP contribution in [0.2, 0.25) is 0 Å². The number of nitrogens with zero attached hydrogens (tertiary/aromatic N) is 1. The predicted molar refractivity (Wildman–Crippen MR) is 104 cm³/mol. The van der Waals surface area contributed by atoms with Gasteiger partial charge in [-0.1, -0.05) is 37.3 Å². The van der Waals surface area contributed by atoms with Crippen molar-refractivity contribution >= 4 is 17.5 Å². The molecule has 1 heterocycles. The molecule has 2 N–H and O–H groups in total. The number of benzene rings is 1. The number of aryl methyl sites for hydroxylation is 1. The van der Waals surface area contributed by atoms with E-state index in [4.69, 9.17) is 4.42 Å². The molecule has 3 rings (SSSR count). The van der Waals surface area contributed by atoms with E-state index in [-0.39, 0.29) is 18.2 Å². The fourth-order valence-corrected chi connectivity index (χ4v) is 3.27. The van der Waals surface area contributed by atoms with Crippen LogP contribution in [0.4, 0.5) is 0 Å². The van der Waals surface area contributed by atoms with Crippen molar-refractivity contribution < 1.29 is 14.0 Å². The lowest BCUT2D eigenvalue weighted by atomic mass is 9.93. The average molecular weight is 367 g/mol. The third-order valence-corrected chi connectivity index (χ3v) is 4.59.